The zero-order chi connectivity index (χ0) is 14.9. The minimum Gasteiger partial charge on any atom is -0.461 e. The Bertz CT molecular complexity index is 616. The number of benzene rings is 1. The molecule has 0 aliphatic rings. The summed E-state index contributed by atoms with van der Waals surface area (Å²) in [5.74, 6) is 0.262. The topological polar surface area (TPSA) is 68.5 Å². The van der Waals surface area contributed by atoms with Crippen molar-refractivity contribution in [1.29, 1.82) is 0 Å². The van der Waals surface area contributed by atoms with Crippen molar-refractivity contribution in [2.24, 2.45) is 0 Å². The predicted molar refractivity (Wildman–Crippen MR) is 77.8 cm³/mol. The Morgan fingerprint density at radius 3 is 2.81 bits per heavy atom. The average molecular weight is 285 g/mol. The normalized spacial score (nSPS) is 10.5. The molecule has 5 nitrogen and oxygen atoms in total. The van der Waals surface area contributed by atoms with Gasteiger partial charge in [0.15, 0.2) is 12.0 Å². The van der Waals surface area contributed by atoms with Crippen LogP contribution < -0.4 is 5.32 Å². The lowest BCUT2D eigenvalue weighted by atomic mass is 10.2. The van der Waals surface area contributed by atoms with E-state index in [0.717, 1.165) is 5.56 Å². The maximum absolute atomic E-state index is 11.5. The molecule has 0 spiro atoms. The van der Waals surface area contributed by atoms with Crippen LogP contribution in [0.2, 0.25) is 0 Å². The molecule has 0 unspecified atom stereocenters. The zero-order valence-electron chi connectivity index (χ0n) is 11.3. The first-order valence-corrected chi connectivity index (χ1v) is 6.43. The Balaban J connectivity index is 1.71. The fraction of sp³-hybridized carbons (Fsp3) is 0.125. The number of ether oxygens (including phenoxy) is 1. The lowest BCUT2D eigenvalue weighted by molar-refractivity contribution is 0.110. The summed E-state index contributed by atoms with van der Waals surface area (Å²) >= 11 is 0. The average Bonchev–Trinajstić information content (AvgIpc) is 2.98. The van der Waals surface area contributed by atoms with E-state index in [2.05, 4.69) is 5.32 Å². The SMILES string of the molecule is O=Cc1occc1C=CCNC(=O)OCc1ccccc1. The first-order valence-electron chi connectivity index (χ1n) is 6.43. The molecule has 0 bridgehead atoms. The molecule has 1 amide bonds. The second-order valence-electron chi connectivity index (χ2n) is 4.20. The van der Waals surface area contributed by atoms with E-state index >= 15 is 0 Å². The highest BCUT2D eigenvalue weighted by atomic mass is 16.5. The van der Waals surface area contributed by atoms with Gasteiger partial charge in [0.05, 0.1) is 6.26 Å². The van der Waals surface area contributed by atoms with Crippen molar-refractivity contribution in [3.05, 3.63) is 65.6 Å². The number of furan rings is 1. The molecular formula is C16H15NO4. The van der Waals surface area contributed by atoms with Gasteiger partial charge in [-0.05, 0) is 11.6 Å². The molecule has 2 rings (SSSR count). The molecule has 0 saturated carbocycles. The van der Waals surface area contributed by atoms with Crippen molar-refractivity contribution in [3.63, 3.8) is 0 Å². The number of hydrogen-bond donors (Lipinski definition) is 1. The number of aldehydes is 1. The summed E-state index contributed by atoms with van der Waals surface area (Å²) in [7, 11) is 0. The van der Waals surface area contributed by atoms with E-state index in [9.17, 15) is 9.59 Å². The van der Waals surface area contributed by atoms with Crippen molar-refractivity contribution in [2.75, 3.05) is 6.54 Å². The molecule has 1 N–H and O–H groups in total. The standard InChI is InChI=1S/C16H15NO4/c18-11-15-14(8-10-20-15)7-4-9-17-16(19)21-12-13-5-2-1-3-6-13/h1-8,10-11H,9,12H2,(H,17,19). The summed E-state index contributed by atoms with van der Waals surface area (Å²) in [5, 5.41) is 2.59. The molecule has 0 aliphatic heterocycles. The lowest BCUT2D eigenvalue weighted by Crippen LogP contribution is -2.24. The van der Waals surface area contributed by atoms with Crippen molar-refractivity contribution in [3.8, 4) is 0 Å². The molecule has 0 fully saturated rings. The summed E-state index contributed by atoms with van der Waals surface area (Å²) in [4.78, 5) is 22.1. The Kier molecular flexibility index (Phi) is 5.34. The Morgan fingerprint density at radius 2 is 2.05 bits per heavy atom. The smallest absolute Gasteiger partial charge is 0.407 e. The van der Waals surface area contributed by atoms with Gasteiger partial charge < -0.3 is 14.5 Å². The highest BCUT2D eigenvalue weighted by Gasteiger charge is 2.02. The van der Waals surface area contributed by atoms with E-state index < -0.39 is 6.09 Å². The van der Waals surface area contributed by atoms with Gasteiger partial charge in [-0.25, -0.2) is 4.79 Å². The van der Waals surface area contributed by atoms with Crippen LogP contribution in [0.1, 0.15) is 21.7 Å². The molecule has 1 aromatic heterocycles. The van der Waals surface area contributed by atoms with E-state index in [1.807, 2.05) is 30.3 Å². The third-order valence-corrected chi connectivity index (χ3v) is 2.71. The maximum Gasteiger partial charge on any atom is 0.407 e. The van der Waals surface area contributed by atoms with Crippen LogP contribution in [0.5, 0.6) is 0 Å². The second kappa shape index (κ2) is 7.69. The van der Waals surface area contributed by atoms with Crippen molar-refractivity contribution >= 4 is 18.5 Å². The Labute approximate surface area is 122 Å². The molecule has 1 heterocycles. The minimum absolute atomic E-state index is 0.230. The van der Waals surface area contributed by atoms with Crippen LogP contribution in [0.4, 0.5) is 4.79 Å². The predicted octanol–water partition coefficient (Wildman–Crippen LogP) is 3.03. The Morgan fingerprint density at radius 1 is 1.24 bits per heavy atom. The summed E-state index contributed by atoms with van der Waals surface area (Å²) in [6, 6.07) is 11.1. The third-order valence-electron chi connectivity index (χ3n) is 2.71. The van der Waals surface area contributed by atoms with Crippen molar-refractivity contribution in [2.45, 2.75) is 6.61 Å². The minimum atomic E-state index is -0.494. The van der Waals surface area contributed by atoms with E-state index in [-0.39, 0.29) is 12.4 Å². The van der Waals surface area contributed by atoms with Crippen molar-refractivity contribution in [1.82, 2.24) is 5.32 Å². The third kappa shape index (κ3) is 4.65. The molecule has 0 radical (unpaired) electrons. The number of carbonyl (C=O) groups is 2. The largest absolute Gasteiger partial charge is 0.461 e. The summed E-state index contributed by atoms with van der Waals surface area (Å²) < 4.78 is 10.00. The van der Waals surface area contributed by atoms with Crippen LogP contribution in [0.15, 0.2) is 53.2 Å². The molecule has 21 heavy (non-hydrogen) atoms. The van der Waals surface area contributed by atoms with Gasteiger partial charge in [0.2, 0.25) is 0 Å². The molecule has 5 heteroatoms. The Hall–Kier alpha value is -2.82. The number of rotatable bonds is 6. The van der Waals surface area contributed by atoms with Crippen LogP contribution in [-0.2, 0) is 11.3 Å². The molecule has 1 aromatic carbocycles. The maximum atomic E-state index is 11.5. The zero-order valence-corrected chi connectivity index (χ0v) is 11.3. The molecule has 2 aromatic rings. The fourth-order valence-corrected chi connectivity index (χ4v) is 1.67. The van der Waals surface area contributed by atoms with Gasteiger partial charge in [-0.1, -0.05) is 42.5 Å². The quantitative estimate of drug-likeness (QED) is 0.828. The number of carbonyl (C=O) groups excluding carboxylic acids is 2. The first-order chi connectivity index (χ1) is 10.3. The molecular weight excluding hydrogens is 270 g/mol. The van der Waals surface area contributed by atoms with Gasteiger partial charge in [0.1, 0.15) is 6.61 Å². The van der Waals surface area contributed by atoms with Gasteiger partial charge in [-0.15, -0.1) is 0 Å². The van der Waals surface area contributed by atoms with E-state index in [0.29, 0.717) is 18.4 Å². The number of hydrogen-bond acceptors (Lipinski definition) is 4. The van der Waals surface area contributed by atoms with Crippen LogP contribution in [-0.4, -0.2) is 18.9 Å². The molecule has 0 atom stereocenters. The highest BCUT2D eigenvalue weighted by molar-refractivity contribution is 5.78. The van der Waals surface area contributed by atoms with Crippen molar-refractivity contribution < 1.29 is 18.7 Å². The van der Waals surface area contributed by atoms with Crippen LogP contribution in [0.25, 0.3) is 6.08 Å². The van der Waals surface area contributed by atoms with Gasteiger partial charge in [0.25, 0.3) is 0 Å². The molecule has 0 aliphatic carbocycles. The highest BCUT2D eigenvalue weighted by Crippen LogP contribution is 2.09. The number of nitrogens with one attached hydrogen (secondary N) is 1. The first kappa shape index (κ1) is 14.6. The van der Waals surface area contributed by atoms with Gasteiger partial charge >= 0.3 is 6.09 Å². The van der Waals surface area contributed by atoms with Gasteiger partial charge in [-0.2, -0.15) is 0 Å². The number of amides is 1. The van der Waals surface area contributed by atoms with E-state index in [1.54, 1.807) is 18.2 Å². The van der Waals surface area contributed by atoms with E-state index in [1.165, 1.54) is 6.26 Å². The van der Waals surface area contributed by atoms with Gasteiger partial charge in [-0.3, -0.25) is 4.79 Å². The van der Waals surface area contributed by atoms with E-state index in [4.69, 9.17) is 9.15 Å². The van der Waals surface area contributed by atoms with Crippen LogP contribution in [0.3, 0.4) is 0 Å². The number of alkyl carbamates (subject to hydrolysis) is 1. The summed E-state index contributed by atoms with van der Waals surface area (Å²) in [6.45, 7) is 0.532. The van der Waals surface area contributed by atoms with Crippen LogP contribution in [0, 0.1) is 0 Å². The molecule has 108 valence electrons. The lowest BCUT2D eigenvalue weighted by Gasteiger charge is -2.05. The summed E-state index contributed by atoms with van der Waals surface area (Å²) in [6.07, 6.45) is 4.99. The molecule has 0 saturated heterocycles. The summed E-state index contributed by atoms with van der Waals surface area (Å²) in [5.41, 5.74) is 1.60. The van der Waals surface area contributed by atoms with Gasteiger partial charge in [0, 0.05) is 12.1 Å². The van der Waals surface area contributed by atoms with Crippen LogP contribution >= 0.6 is 0 Å². The second-order valence-corrected chi connectivity index (χ2v) is 4.20. The fourth-order valence-electron chi connectivity index (χ4n) is 1.67. The monoisotopic (exact) mass is 285 g/mol.